The number of halogens is 2. The van der Waals surface area contributed by atoms with Crippen LogP contribution in [0.3, 0.4) is 0 Å². The van der Waals surface area contributed by atoms with Crippen molar-refractivity contribution in [3.8, 4) is 17.0 Å². The van der Waals surface area contributed by atoms with E-state index in [2.05, 4.69) is 25.9 Å². The third-order valence-electron chi connectivity index (χ3n) is 2.00. The van der Waals surface area contributed by atoms with Crippen LogP contribution in [0.5, 0.6) is 5.75 Å². The zero-order chi connectivity index (χ0) is 10.8. The largest absolute Gasteiger partial charge is 0.495 e. The number of hydrogen-bond donors (Lipinski definition) is 1. The van der Waals surface area contributed by atoms with Crippen LogP contribution in [0.25, 0.3) is 11.3 Å². The fourth-order valence-electron chi connectivity index (χ4n) is 1.37. The van der Waals surface area contributed by atoms with Crippen molar-refractivity contribution in [2.45, 2.75) is 0 Å². The predicted octanol–water partition coefficient (Wildman–Crippen LogP) is 3.50. The molecule has 0 bridgehead atoms. The van der Waals surface area contributed by atoms with E-state index in [1.165, 1.54) is 0 Å². The predicted molar refractivity (Wildman–Crippen MR) is 63.3 cm³/mol. The number of rotatable bonds is 2. The monoisotopic (exact) mass is 286 g/mol. The number of aromatic nitrogens is 2. The first-order chi connectivity index (χ1) is 7.22. The third kappa shape index (κ3) is 2.01. The van der Waals surface area contributed by atoms with Crippen molar-refractivity contribution in [1.82, 2.24) is 9.97 Å². The van der Waals surface area contributed by atoms with Crippen molar-refractivity contribution in [2.24, 2.45) is 0 Å². The van der Waals surface area contributed by atoms with E-state index in [0.29, 0.717) is 5.02 Å². The summed E-state index contributed by atoms with van der Waals surface area (Å²) in [6.07, 6.45) is 3.34. The Morgan fingerprint density at radius 3 is 2.87 bits per heavy atom. The van der Waals surface area contributed by atoms with E-state index < -0.39 is 0 Å². The number of nitrogens with zero attached hydrogens (tertiary/aromatic N) is 1. The first kappa shape index (κ1) is 10.5. The highest BCUT2D eigenvalue weighted by molar-refractivity contribution is 9.10. The molecule has 0 spiro atoms. The van der Waals surface area contributed by atoms with Gasteiger partial charge in [0.15, 0.2) is 0 Å². The van der Waals surface area contributed by atoms with Crippen LogP contribution in [0.4, 0.5) is 0 Å². The van der Waals surface area contributed by atoms with E-state index >= 15 is 0 Å². The van der Waals surface area contributed by atoms with Gasteiger partial charge < -0.3 is 9.72 Å². The molecule has 3 nitrogen and oxygen atoms in total. The smallest absolute Gasteiger partial charge is 0.142 e. The Morgan fingerprint density at radius 1 is 1.47 bits per heavy atom. The molecule has 1 N–H and O–H groups in total. The Balaban J connectivity index is 2.64. The quantitative estimate of drug-likeness (QED) is 0.918. The summed E-state index contributed by atoms with van der Waals surface area (Å²) in [7, 11) is 1.62. The van der Waals surface area contributed by atoms with Gasteiger partial charge in [0.2, 0.25) is 0 Å². The summed E-state index contributed by atoms with van der Waals surface area (Å²) in [6.45, 7) is 0. The fourth-order valence-corrected chi connectivity index (χ4v) is 2.34. The van der Waals surface area contributed by atoms with Gasteiger partial charge in [-0.25, -0.2) is 4.98 Å². The van der Waals surface area contributed by atoms with Gasteiger partial charge in [-0.1, -0.05) is 11.6 Å². The lowest BCUT2D eigenvalue weighted by Gasteiger charge is -2.09. The van der Waals surface area contributed by atoms with Gasteiger partial charge in [0.25, 0.3) is 0 Å². The second-order valence-electron chi connectivity index (χ2n) is 2.93. The average Bonchev–Trinajstić information content (AvgIpc) is 2.69. The molecule has 0 unspecified atom stereocenters. The molecule has 15 heavy (non-hydrogen) atoms. The lowest BCUT2D eigenvalue weighted by atomic mass is 10.1. The van der Waals surface area contributed by atoms with Crippen molar-refractivity contribution in [3.63, 3.8) is 0 Å². The van der Waals surface area contributed by atoms with Crippen molar-refractivity contribution < 1.29 is 4.74 Å². The second-order valence-corrected chi connectivity index (χ2v) is 4.22. The molecule has 1 aromatic carbocycles. The van der Waals surface area contributed by atoms with Crippen LogP contribution in [0.15, 0.2) is 29.1 Å². The van der Waals surface area contributed by atoms with Gasteiger partial charge in [-0.15, -0.1) is 0 Å². The molecule has 0 amide bonds. The number of nitrogens with one attached hydrogen (secondary N) is 1. The minimum absolute atomic E-state index is 0.646. The average molecular weight is 288 g/mol. The Morgan fingerprint density at radius 2 is 2.27 bits per heavy atom. The van der Waals surface area contributed by atoms with Gasteiger partial charge in [-0.05, 0) is 28.1 Å². The summed E-state index contributed by atoms with van der Waals surface area (Å²) in [6, 6.07) is 3.62. The molecular formula is C10H8BrClN2O. The SMILES string of the molecule is COc1c(Br)cc(Cl)cc1-c1cnc[nH]1. The van der Waals surface area contributed by atoms with Gasteiger partial charge in [0.1, 0.15) is 5.75 Å². The number of imidazole rings is 1. The molecule has 0 atom stereocenters. The third-order valence-corrected chi connectivity index (χ3v) is 2.81. The number of methoxy groups -OCH3 is 1. The number of ether oxygens (including phenoxy) is 1. The summed E-state index contributed by atoms with van der Waals surface area (Å²) in [5, 5.41) is 0.646. The Labute approximate surface area is 101 Å². The Hall–Kier alpha value is -1.00. The van der Waals surface area contributed by atoms with Gasteiger partial charge in [0.05, 0.1) is 29.8 Å². The topological polar surface area (TPSA) is 37.9 Å². The number of hydrogen-bond acceptors (Lipinski definition) is 2. The minimum Gasteiger partial charge on any atom is -0.495 e. The van der Waals surface area contributed by atoms with Crippen LogP contribution in [0.2, 0.25) is 5.02 Å². The lowest BCUT2D eigenvalue weighted by Crippen LogP contribution is -1.89. The molecule has 1 aromatic heterocycles. The van der Waals surface area contributed by atoms with Crippen molar-refractivity contribution >= 4 is 27.5 Å². The first-order valence-corrected chi connectivity index (χ1v) is 5.41. The van der Waals surface area contributed by atoms with Crippen molar-refractivity contribution in [1.29, 1.82) is 0 Å². The maximum atomic E-state index is 5.98. The standard InChI is InChI=1S/C10H8BrClN2O/c1-15-10-7(9-4-13-5-14-9)2-6(12)3-8(10)11/h2-5H,1H3,(H,13,14). The molecule has 2 aromatic rings. The maximum Gasteiger partial charge on any atom is 0.142 e. The summed E-state index contributed by atoms with van der Waals surface area (Å²) >= 11 is 9.38. The molecule has 0 aliphatic carbocycles. The molecular weight excluding hydrogens is 279 g/mol. The van der Waals surface area contributed by atoms with Crippen LogP contribution >= 0.6 is 27.5 Å². The van der Waals surface area contributed by atoms with Crippen LogP contribution in [-0.4, -0.2) is 17.1 Å². The summed E-state index contributed by atoms with van der Waals surface area (Å²) in [4.78, 5) is 6.98. The summed E-state index contributed by atoms with van der Waals surface area (Å²) in [5.41, 5.74) is 1.75. The summed E-state index contributed by atoms with van der Waals surface area (Å²) in [5.74, 6) is 0.739. The van der Waals surface area contributed by atoms with E-state index in [1.54, 1.807) is 25.7 Å². The van der Waals surface area contributed by atoms with Crippen LogP contribution in [-0.2, 0) is 0 Å². The highest BCUT2D eigenvalue weighted by Crippen LogP contribution is 2.37. The van der Waals surface area contributed by atoms with Crippen LogP contribution in [0.1, 0.15) is 0 Å². The maximum absolute atomic E-state index is 5.98. The Bertz CT molecular complexity index is 471. The number of benzene rings is 1. The van der Waals surface area contributed by atoms with E-state index in [9.17, 15) is 0 Å². The van der Waals surface area contributed by atoms with Gasteiger partial charge in [0, 0.05) is 10.6 Å². The van der Waals surface area contributed by atoms with E-state index in [-0.39, 0.29) is 0 Å². The number of aromatic amines is 1. The zero-order valence-electron chi connectivity index (χ0n) is 7.92. The zero-order valence-corrected chi connectivity index (χ0v) is 10.3. The van der Waals surface area contributed by atoms with E-state index in [4.69, 9.17) is 16.3 Å². The molecule has 0 aliphatic rings. The van der Waals surface area contributed by atoms with Crippen molar-refractivity contribution in [2.75, 3.05) is 7.11 Å². The molecule has 0 radical (unpaired) electrons. The summed E-state index contributed by atoms with van der Waals surface area (Å²) < 4.78 is 6.12. The van der Waals surface area contributed by atoms with E-state index in [0.717, 1.165) is 21.5 Å². The first-order valence-electron chi connectivity index (χ1n) is 4.24. The normalized spacial score (nSPS) is 10.3. The lowest BCUT2D eigenvalue weighted by molar-refractivity contribution is 0.413. The molecule has 2 rings (SSSR count). The molecule has 0 saturated carbocycles. The van der Waals surface area contributed by atoms with Crippen LogP contribution in [0, 0.1) is 0 Å². The Kier molecular flexibility index (Phi) is 2.98. The minimum atomic E-state index is 0.646. The van der Waals surface area contributed by atoms with Crippen molar-refractivity contribution in [3.05, 3.63) is 34.2 Å². The van der Waals surface area contributed by atoms with Gasteiger partial charge in [-0.2, -0.15) is 0 Å². The van der Waals surface area contributed by atoms with E-state index in [1.807, 2.05) is 6.07 Å². The van der Waals surface area contributed by atoms with Crippen LogP contribution < -0.4 is 4.74 Å². The highest BCUT2D eigenvalue weighted by Gasteiger charge is 2.11. The molecule has 78 valence electrons. The number of H-pyrrole nitrogens is 1. The highest BCUT2D eigenvalue weighted by atomic mass is 79.9. The second kappa shape index (κ2) is 4.24. The van der Waals surface area contributed by atoms with Gasteiger partial charge in [-0.3, -0.25) is 0 Å². The molecule has 0 fully saturated rings. The fraction of sp³-hybridized carbons (Fsp3) is 0.100. The molecule has 0 saturated heterocycles. The molecule has 1 heterocycles. The molecule has 5 heteroatoms. The molecule has 0 aliphatic heterocycles. The van der Waals surface area contributed by atoms with Gasteiger partial charge >= 0.3 is 0 Å².